The molecule has 1 aliphatic rings. The number of benzene rings is 1. The molecule has 1 unspecified atom stereocenters. The van der Waals surface area contributed by atoms with E-state index in [1.54, 1.807) is 6.92 Å². The Morgan fingerprint density at radius 1 is 1.29 bits per heavy atom. The molecule has 1 aliphatic heterocycles. The molecule has 9 heteroatoms. The fourth-order valence-corrected chi connectivity index (χ4v) is 3.30. The van der Waals surface area contributed by atoms with Crippen LogP contribution in [0.1, 0.15) is 31.4 Å². The van der Waals surface area contributed by atoms with E-state index in [4.69, 9.17) is 9.47 Å². The second-order valence-electron chi connectivity index (χ2n) is 6.63. The van der Waals surface area contributed by atoms with E-state index in [0.29, 0.717) is 38.7 Å². The van der Waals surface area contributed by atoms with Gasteiger partial charge in [0.15, 0.2) is 5.96 Å². The number of hydrogen-bond donors (Lipinski definition) is 3. The van der Waals surface area contributed by atoms with Gasteiger partial charge in [0, 0.05) is 31.6 Å². The molecule has 1 heterocycles. The van der Waals surface area contributed by atoms with Crippen molar-refractivity contribution in [2.24, 2.45) is 4.99 Å². The summed E-state index contributed by atoms with van der Waals surface area (Å²) >= 11 is 0. The number of nitrogens with zero attached hydrogens (tertiary/aromatic N) is 1. The van der Waals surface area contributed by atoms with Crippen LogP contribution >= 0.6 is 0 Å². The van der Waals surface area contributed by atoms with Crippen molar-refractivity contribution in [1.82, 2.24) is 15.4 Å². The van der Waals surface area contributed by atoms with E-state index in [1.165, 1.54) is 0 Å². The van der Waals surface area contributed by atoms with E-state index in [1.807, 2.05) is 32.0 Å². The van der Waals surface area contributed by atoms with Crippen molar-refractivity contribution in [2.45, 2.75) is 39.8 Å². The minimum Gasteiger partial charge on any atom is -0.488 e. The largest absolute Gasteiger partial charge is 0.488 e. The predicted molar refractivity (Wildman–Crippen MR) is 111 cm³/mol. The van der Waals surface area contributed by atoms with Crippen molar-refractivity contribution < 1.29 is 17.9 Å². The van der Waals surface area contributed by atoms with Crippen molar-refractivity contribution in [2.75, 3.05) is 38.6 Å². The molecular weight excluding hydrogens is 380 g/mol. The summed E-state index contributed by atoms with van der Waals surface area (Å²) in [6.07, 6.45) is 0.983. The summed E-state index contributed by atoms with van der Waals surface area (Å²) in [5, 5.41) is 6.31. The van der Waals surface area contributed by atoms with Crippen LogP contribution in [0.5, 0.6) is 5.75 Å². The average molecular weight is 413 g/mol. The van der Waals surface area contributed by atoms with Gasteiger partial charge in [0.05, 0.1) is 25.5 Å². The predicted octanol–water partition coefficient (Wildman–Crippen LogP) is 1.16. The Kier molecular flexibility index (Phi) is 9.01. The summed E-state index contributed by atoms with van der Waals surface area (Å²) in [6, 6.07) is 6.11. The van der Waals surface area contributed by atoms with Gasteiger partial charge < -0.3 is 20.1 Å². The molecule has 1 aromatic rings. The molecular formula is C19H32N4O4S. The molecule has 0 radical (unpaired) electrons. The molecule has 0 aliphatic carbocycles. The first-order valence-electron chi connectivity index (χ1n) is 9.77. The summed E-state index contributed by atoms with van der Waals surface area (Å²) in [7, 11) is -3.18. The first-order valence-corrected chi connectivity index (χ1v) is 11.4. The zero-order chi connectivity index (χ0) is 20.4. The van der Waals surface area contributed by atoms with Crippen molar-refractivity contribution in [3.8, 4) is 5.75 Å². The Balaban J connectivity index is 1.97. The van der Waals surface area contributed by atoms with E-state index < -0.39 is 10.0 Å². The van der Waals surface area contributed by atoms with Gasteiger partial charge in [-0.2, -0.15) is 0 Å². The number of guanidine groups is 1. The highest BCUT2D eigenvalue weighted by atomic mass is 32.2. The van der Waals surface area contributed by atoms with E-state index in [9.17, 15) is 8.42 Å². The number of hydrogen-bond acceptors (Lipinski definition) is 5. The van der Waals surface area contributed by atoms with Gasteiger partial charge in [-0.05, 0) is 32.4 Å². The molecule has 0 bridgehead atoms. The minimum absolute atomic E-state index is 0.0728. The molecule has 2 rings (SSSR count). The summed E-state index contributed by atoms with van der Waals surface area (Å²) in [4.78, 5) is 4.61. The lowest BCUT2D eigenvalue weighted by atomic mass is 10.1. The zero-order valence-electron chi connectivity index (χ0n) is 17.0. The van der Waals surface area contributed by atoms with Gasteiger partial charge in [-0.1, -0.05) is 12.1 Å². The quantitative estimate of drug-likeness (QED) is 0.303. The lowest BCUT2D eigenvalue weighted by Gasteiger charge is -2.16. The number of rotatable bonds is 10. The Hall–Kier alpha value is -1.84. The molecule has 0 saturated carbocycles. The highest BCUT2D eigenvalue weighted by Crippen LogP contribution is 2.24. The monoisotopic (exact) mass is 412 g/mol. The van der Waals surface area contributed by atoms with Gasteiger partial charge in [0.2, 0.25) is 10.0 Å². The second-order valence-corrected chi connectivity index (χ2v) is 8.73. The van der Waals surface area contributed by atoms with Gasteiger partial charge >= 0.3 is 0 Å². The smallest absolute Gasteiger partial charge is 0.211 e. The first kappa shape index (κ1) is 22.4. The first-order chi connectivity index (χ1) is 13.4. The van der Waals surface area contributed by atoms with E-state index in [0.717, 1.165) is 29.9 Å². The maximum Gasteiger partial charge on any atom is 0.211 e. The molecule has 28 heavy (non-hydrogen) atoms. The van der Waals surface area contributed by atoms with Gasteiger partial charge in [-0.15, -0.1) is 0 Å². The fourth-order valence-electron chi connectivity index (χ4n) is 2.68. The lowest BCUT2D eigenvalue weighted by molar-refractivity contribution is 0.140. The van der Waals surface area contributed by atoms with Crippen LogP contribution in [-0.4, -0.2) is 59.1 Å². The third kappa shape index (κ3) is 7.65. The second kappa shape index (κ2) is 11.2. The number of aliphatic imine (C=N–C) groups is 1. The zero-order valence-corrected chi connectivity index (χ0v) is 17.8. The highest BCUT2D eigenvalue weighted by molar-refractivity contribution is 7.89. The summed E-state index contributed by atoms with van der Waals surface area (Å²) < 4.78 is 37.0. The van der Waals surface area contributed by atoms with Gasteiger partial charge in [0.25, 0.3) is 0 Å². The molecule has 8 nitrogen and oxygen atoms in total. The van der Waals surface area contributed by atoms with Crippen LogP contribution < -0.4 is 20.1 Å². The summed E-state index contributed by atoms with van der Waals surface area (Å²) in [6.45, 7) is 8.91. The Bertz CT molecular complexity index is 746. The maximum atomic E-state index is 11.5. The van der Waals surface area contributed by atoms with E-state index in [2.05, 4.69) is 20.3 Å². The maximum absolute atomic E-state index is 11.5. The van der Waals surface area contributed by atoms with Crippen LogP contribution in [0.2, 0.25) is 0 Å². The molecule has 0 aromatic heterocycles. The van der Waals surface area contributed by atoms with Gasteiger partial charge in [-0.3, -0.25) is 0 Å². The van der Waals surface area contributed by atoms with Crippen LogP contribution in [-0.2, 0) is 21.3 Å². The third-order valence-electron chi connectivity index (χ3n) is 4.28. The van der Waals surface area contributed by atoms with Crippen LogP contribution in [0.25, 0.3) is 0 Å². The third-order valence-corrected chi connectivity index (χ3v) is 5.68. The Morgan fingerprint density at radius 3 is 2.79 bits per heavy atom. The number of sulfonamides is 1. The standard InChI is InChI=1S/C19H32N4O4S/c1-4-20-19(21-9-10-23-28(24,25)5-2)22-13-16-7-6-15(3)12-18(16)27-17-8-11-26-14-17/h6-7,12,17,23H,4-5,8-11,13-14H2,1-3H3,(H2,20,21,22). The average Bonchev–Trinajstić information content (AvgIpc) is 3.17. The minimum atomic E-state index is -3.18. The van der Waals surface area contributed by atoms with Crippen molar-refractivity contribution in [3.05, 3.63) is 29.3 Å². The van der Waals surface area contributed by atoms with Crippen LogP contribution in [0.3, 0.4) is 0 Å². The molecule has 0 amide bonds. The number of nitrogens with one attached hydrogen (secondary N) is 3. The SMILES string of the molecule is CCNC(=NCc1ccc(C)cc1OC1CCOC1)NCCNS(=O)(=O)CC. The molecule has 1 aromatic carbocycles. The van der Waals surface area contributed by atoms with Crippen LogP contribution in [0.4, 0.5) is 0 Å². The molecule has 1 fully saturated rings. The fraction of sp³-hybridized carbons (Fsp3) is 0.632. The van der Waals surface area contributed by atoms with E-state index in [-0.39, 0.29) is 11.9 Å². The van der Waals surface area contributed by atoms with E-state index >= 15 is 0 Å². The van der Waals surface area contributed by atoms with Crippen molar-refractivity contribution in [1.29, 1.82) is 0 Å². The highest BCUT2D eigenvalue weighted by Gasteiger charge is 2.18. The van der Waals surface area contributed by atoms with Crippen LogP contribution in [0, 0.1) is 6.92 Å². The van der Waals surface area contributed by atoms with Gasteiger partial charge in [-0.25, -0.2) is 18.1 Å². The summed E-state index contributed by atoms with van der Waals surface area (Å²) in [5.74, 6) is 1.54. The molecule has 1 atom stereocenters. The molecule has 0 spiro atoms. The Morgan fingerprint density at radius 2 is 2.11 bits per heavy atom. The molecule has 158 valence electrons. The topological polar surface area (TPSA) is 101 Å². The van der Waals surface area contributed by atoms with Crippen molar-refractivity contribution in [3.63, 3.8) is 0 Å². The lowest BCUT2D eigenvalue weighted by Crippen LogP contribution is -2.41. The Labute approximate surface area is 168 Å². The molecule has 3 N–H and O–H groups in total. The summed E-state index contributed by atoms with van der Waals surface area (Å²) in [5.41, 5.74) is 2.14. The number of aryl methyl sites for hydroxylation is 1. The van der Waals surface area contributed by atoms with Gasteiger partial charge in [0.1, 0.15) is 11.9 Å². The van der Waals surface area contributed by atoms with Crippen LogP contribution in [0.15, 0.2) is 23.2 Å². The van der Waals surface area contributed by atoms with Crippen molar-refractivity contribution >= 4 is 16.0 Å². The normalized spacial score (nSPS) is 17.5. The molecule has 1 saturated heterocycles. The number of ether oxygens (including phenoxy) is 2.